The molecule has 1 nitrogen and oxygen atoms in total. The van der Waals surface area contributed by atoms with Gasteiger partial charge in [0.05, 0.1) is 0 Å². The fourth-order valence-corrected chi connectivity index (χ4v) is 2.75. The van der Waals surface area contributed by atoms with Crippen molar-refractivity contribution in [2.45, 2.75) is 27.2 Å². The molecule has 2 rings (SSSR count). The Morgan fingerprint density at radius 1 is 1.50 bits per heavy atom. The summed E-state index contributed by atoms with van der Waals surface area (Å²) in [4.78, 5) is 11.7. The van der Waals surface area contributed by atoms with Crippen LogP contribution in [0.25, 0.3) is 0 Å². The SMILES string of the molecule is C[C@@H]1C=CC[C@@H]2[C@H]1C(=O)C2(C)C. The van der Waals surface area contributed by atoms with Crippen LogP contribution in [-0.2, 0) is 4.79 Å². The van der Waals surface area contributed by atoms with Crippen LogP contribution >= 0.6 is 0 Å². The van der Waals surface area contributed by atoms with E-state index >= 15 is 0 Å². The minimum atomic E-state index is -0.0380. The molecule has 0 saturated heterocycles. The number of carbonyl (C=O) groups excluding carboxylic acids is 1. The van der Waals surface area contributed by atoms with Crippen molar-refractivity contribution in [3.8, 4) is 0 Å². The molecule has 12 heavy (non-hydrogen) atoms. The highest BCUT2D eigenvalue weighted by molar-refractivity contribution is 5.93. The molecule has 0 heterocycles. The molecule has 3 atom stereocenters. The number of carbonyl (C=O) groups is 1. The molecule has 2 aliphatic carbocycles. The number of ketones is 1. The highest BCUT2D eigenvalue weighted by Gasteiger charge is 2.57. The van der Waals surface area contributed by atoms with Gasteiger partial charge in [-0.15, -0.1) is 0 Å². The zero-order chi connectivity index (χ0) is 8.93. The number of hydrogen-bond donors (Lipinski definition) is 0. The molecule has 1 saturated carbocycles. The van der Waals surface area contributed by atoms with E-state index in [9.17, 15) is 4.79 Å². The van der Waals surface area contributed by atoms with Gasteiger partial charge in [-0.25, -0.2) is 0 Å². The van der Waals surface area contributed by atoms with E-state index in [1.807, 2.05) is 0 Å². The maximum Gasteiger partial charge on any atom is 0.142 e. The molecule has 0 bridgehead atoms. The van der Waals surface area contributed by atoms with E-state index < -0.39 is 0 Å². The summed E-state index contributed by atoms with van der Waals surface area (Å²) < 4.78 is 0. The molecule has 0 amide bonds. The number of hydrogen-bond acceptors (Lipinski definition) is 1. The highest BCUT2D eigenvalue weighted by Crippen LogP contribution is 2.54. The standard InChI is InChI=1S/C11H16O/c1-7-5-4-6-8-9(7)10(12)11(8,2)3/h4-5,7-9H,6H2,1-3H3/t7-,8-,9+/m1/s1. The predicted octanol–water partition coefficient (Wildman–Crippen LogP) is 2.42. The number of Topliss-reactive ketones (excluding diaryl/α,β-unsaturated/α-hetero) is 1. The second kappa shape index (κ2) is 2.21. The first-order valence-corrected chi connectivity index (χ1v) is 4.76. The maximum absolute atomic E-state index is 11.7. The monoisotopic (exact) mass is 164 g/mol. The van der Waals surface area contributed by atoms with Crippen LogP contribution in [0.5, 0.6) is 0 Å². The van der Waals surface area contributed by atoms with Crippen LogP contribution in [0.3, 0.4) is 0 Å². The first-order chi connectivity index (χ1) is 5.55. The Bertz CT molecular complexity index is 250. The molecule has 0 aromatic carbocycles. The summed E-state index contributed by atoms with van der Waals surface area (Å²) in [6, 6.07) is 0. The van der Waals surface area contributed by atoms with E-state index in [4.69, 9.17) is 0 Å². The van der Waals surface area contributed by atoms with Crippen molar-refractivity contribution in [1.82, 2.24) is 0 Å². The third-order valence-corrected chi connectivity index (χ3v) is 3.69. The first-order valence-electron chi connectivity index (χ1n) is 4.76. The molecule has 0 N–H and O–H groups in total. The van der Waals surface area contributed by atoms with Crippen molar-refractivity contribution >= 4 is 5.78 Å². The fraction of sp³-hybridized carbons (Fsp3) is 0.727. The van der Waals surface area contributed by atoms with Crippen molar-refractivity contribution < 1.29 is 4.79 Å². The summed E-state index contributed by atoms with van der Waals surface area (Å²) in [6.45, 7) is 6.32. The van der Waals surface area contributed by atoms with Crippen LogP contribution in [0.15, 0.2) is 12.2 Å². The molecule has 66 valence electrons. The topological polar surface area (TPSA) is 17.1 Å². The Balaban J connectivity index is 2.28. The summed E-state index contributed by atoms with van der Waals surface area (Å²) in [5, 5.41) is 0. The summed E-state index contributed by atoms with van der Waals surface area (Å²) in [5.74, 6) is 1.91. The van der Waals surface area contributed by atoms with Crippen LogP contribution in [0.4, 0.5) is 0 Å². The largest absolute Gasteiger partial charge is 0.299 e. The molecule has 0 aromatic rings. The lowest BCUT2D eigenvalue weighted by molar-refractivity contribution is -0.156. The average Bonchev–Trinajstić information content (AvgIpc) is 2.03. The summed E-state index contributed by atoms with van der Waals surface area (Å²) in [7, 11) is 0. The van der Waals surface area contributed by atoms with E-state index in [0.29, 0.717) is 23.5 Å². The van der Waals surface area contributed by atoms with E-state index in [2.05, 4.69) is 32.9 Å². The summed E-state index contributed by atoms with van der Waals surface area (Å²) >= 11 is 0. The lowest BCUT2D eigenvalue weighted by atomic mass is 9.49. The third kappa shape index (κ3) is 0.769. The molecule has 0 radical (unpaired) electrons. The predicted molar refractivity (Wildman–Crippen MR) is 48.7 cm³/mol. The number of rotatable bonds is 0. The molecule has 0 unspecified atom stereocenters. The van der Waals surface area contributed by atoms with Gasteiger partial charge in [-0.05, 0) is 18.3 Å². The van der Waals surface area contributed by atoms with Gasteiger partial charge in [0.25, 0.3) is 0 Å². The maximum atomic E-state index is 11.7. The average molecular weight is 164 g/mol. The minimum absolute atomic E-state index is 0.0380. The third-order valence-electron chi connectivity index (χ3n) is 3.69. The quantitative estimate of drug-likeness (QED) is 0.502. The van der Waals surface area contributed by atoms with Gasteiger partial charge in [0.2, 0.25) is 0 Å². The van der Waals surface area contributed by atoms with Crippen molar-refractivity contribution in [2.75, 3.05) is 0 Å². The van der Waals surface area contributed by atoms with Crippen LogP contribution in [0.1, 0.15) is 27.2 Å². The van der Waals surface area contributed by atoms with Crippen molar-refractivity contribution in [3.63, 3.8) is 0 Å². The second-order valence-corrected chi connectivity index (χ2v) is 4.74. The van der Waals surface area contributed by atoms with Crippen LogP contribution in [-0.4, -0.2) is 5.78 Å². The smallest absolute Gasteiger partial charge is 0.142 e. The van der Waals surface area contributed by atoms with E-state index in [1.165, 1.54) is 0 Å². The van der Waals surface area contributed by atoms with E-state index in [-0.39, 0.29) is 5.41 Å². The molecule has 1 fully saturated rings. The molecular weight excluding hydrogens is 148 g/mol. The van der Waals surface area contributed by atoms with Crippen molar-refractivity contribution in [2.24, 2.45) is 23.2 Å². The summed E-state index contributed by atoms with van der Waals surface area (Å²) in [5.41, 5.74) is -0.0380. The van der Waals surface area contributed by atoms with Gasteiger partial charge < -0.3 is 0 Å². The second-order valence-electron chi connectivity index (χ2n) is 4.74. The number of allylic oxidation sites excluding steroid dienone is 2. The Labute approximate surface area is 73.8 Å². The van der Waals surface area contributed by atoms with Gasteiger partial charge in [-0.1, -0.05) is 32.9 Å². The summed E-state index contributed by atoms with van der Waals surface area (Å²) in [6.07, 6.45) is 5.53. The molecule has 0 aliphatic heterocycles. The van der Waals surface area contributed by atoms with Gasteiger partial charge in [-0.2, -0.15) is 0 Å². The van der Waals surface area contributed by atoms with E-state index in [0.717, 1.165) is 6.42 Å². The van der Waals surface area contributed by atoms with Gasteiger partial charge in [0.1, 0.15) is 5.78 Å². The molecule has 1 heteroatoms. The molecular formula is C11H16O. The molecule has 2 aliphatic rings. The Morgan fingerprint density at radius 3 is 2.75 bits per heavy atom. The zero-order valence-corrected chi connectivity index (χ0v) is 8.00. The van der Waals surface area contributed by atoms with Crippen LogP contribution in [0.2, 0.25) is 0 Å². The fourth-order valence-electron chi connectivity index (χ4n) is 2.75. The first kappa shape index (κ1) is 8.03. The zero-order valence-electron chi connectivity index (χ0n) is 8.00. The van der Waals surface area contributed by atoms with Crippen molar-refractivity contribution in [3.05, 3.63) is 12.2 Å². The van der Waals surface area contributed by atoms with Gasteiger partial charge in [0, 0.05) is 11.3 Å². The Hall–Kier alpha value is -0.590. The van der Waals surface area contributed by atoms with Gasteiger partial charge in [0.15, 0.2) is 0 Å². The van der Waals surface area contributed by atoms with E-state index in [1.54, 1.807) is 0 Å². The number of fused-ring (bicyclic) bond motifs is 1. The minimum Gasteiger partial charge on any atom is -0.299 e. The molecule has 0 spiro atoms. The molecule has 0 aromatic heterocycles. The van der Waals surface area contributed by atoms with Crippen molar-refractivity contribution in [1.29, 1.82) is 0 Å². The van der Waals surface area contributed by atoms with Gasteiger partial charge in [-0.3, -0.25) is 4.79 Å². The lowest BCUT2D eigenvalue weighted by Gasteiger charge is -2.53. The highest BCUT2D eigenvalue weighted by atomic mass is 16.1. The Morgan fingerprint density at radius 2 is 2.17 bits per heavy atom. The lowest BCUT2D eigenvalue weighted by Crippen LogP contribution is -2.57. The van der Waals surface area contributed by atoms with Gasteiger partial charge >= 0.3 is 0 Å². The van der Waals surface area contributed by atoms with Crippen LogP contribution < -0.4 is 0 Å². The van der Waals surface area contributed by atoms with Crippen LogP contribution in [0, 0.1) is 23.2 Å². The normalized spacial score (nSPS) is 43.6. The Kier molecular flexibility index (Phi) is 1.48.